The molecule has 1 amide bonds. The first-order chi connectivity index (χ1) is 8.24. The number of nitrogens with zero attached hydrogens (tertiary/aromatic N) is 1. The molecule has 0 aromatic rings. The summed E-state index contributed by atoms with van der Waals surface area (Å²) in [6.07, 6.45) is 3.51. The molecule has 0 saturated carbocycles. The zero-order valence-corrected chi connectivity index (χ0v) is 11.8. The zero-order chi connectivity index (χ0) is 12.9. The van der Waals surface area contributed by atoms with Crippen LogP contribution in [0.2, 0.25) is 0 Å². The van der Waals surface area contributed by atoms with E-state index in [-0.39, 0.29) is 5.91 Å². The van der Waals surface area contributed by atoms with Gasteiger partial charge in [0.2, 0.25) is 5.91 Å². The fourth-order valence-corrected chi connectivity index (χ4v) is 1.45. The summed E-state index contributed by atoms with van der Waals surface area (Å²) in [5, 5.41) is 9.11. The molecule has 17 heavy (non-hydrogen) atoms. The third-order valence-corrected chi connectivity index (χ3v) is 2.65. The number of hydrogen-bond acceptors (Lipinski definition) is 3. The van der Waals surface area contributed by atoms with Crippen LogP contribution in [0.5, 0.6) is 0 Å². The highest BCUT2D eigenvalue weighted by atomic mass is 32.2. The lowest BCUT2D eigenvalue weighted by Crippen LogP contribution is -2.40. The Hall–Kier alpha value is -0.910. The van der Waals surface area contributed by atoms with E-state index in [4.69, 9.17) is 0 Å². The molecule has 0 heterocycles. The molecule has 6 heteroatoms. The Morgan fingerprint density at radius 2 is 1.88 bits per heavy atom. The fraction of sp³-hybridized carbons (Fsp3) is 0.818. The molecule has 0 aromatic heterocycles. The molecule has 0 saturated heterocycles. The van der Waals surface area contributed by atoms with Gasteiger partial charge >= 0.3 is 0 Å². The first-order valence-electron chi connectivity index (χ1n) is 5.94. The lowest BCUT2D eigenvalue weighted by molar-refractivity contribution is -0.120. The van der Waals surface area contributed by atoms with Crippen molar-refractivity contribution in [3.05, 3.63) is 0 Å². The number of guanidine groups is 1. The molecule has 0 bridgehead atoms. The van der Waals surface area contributed by atoms with Crippen LogP contribution in [-0.2, 0) is 4.79 Å². The molecule has 0 aliphatic carbocycles. The van der Waals surface area contributed by atoms with Crippen molar-refractivity contribution in [2.24, 2.45) is 4.99 Å². The average molecular weight is 260 g/mol. The smallest absolute Gasteiger partial charge is 0.221 e. The Bertz CT molecular complexity index is 234. The molecule has 0 rings (SSSR count). The molecule has 0 spiro atoms. The predicted molar refractivity (Wildman–Crippen MR) is 75.7 cm³/mol. The number of aliphatic imine (C=N–C) groups is 1. The van der Waals surface area contributed by atoms with Crippen LogP contribution in [0.4, 0.5) is 0 Å². The van der Waals surface area contributed by atoms with Crippen LogP contribution >= 0.6 is 11.8 Å². The Balaban J connectivity index is 3.59. The second kappa shape index (κ2) is 11.6. The van der Waals surface area contributed by atoms with Crippen LogP contribution in [0.25, 0.3) is 0 Å². The fourth-order valence-electron chi connectivity index (χ4n) is 1.14. The average Bonchev–Trinajstić information content (AvgIpc) is 2.34. The number of thioether (sulfide) groups is 1. The van der Waals surface area contributed by atoms with E-state index in [0.29, 0.717) is 13.0 Å². The van der Waals surface area contributed by atoms with E-state index in [0.717, 1.165) is 31.2 Å². The van der Waals surface area contributed by atoms with Gasteiger partial charge in [0.25, 0.3) is 0 Å². The van der Waals surface area contributed by atoms with E-state index in [1.54, 1.807) is 18.8 Å². The van der Waals surface area contributed by atoms with Gasteiger partial charge in [0, 0.05) is 38.9 Å². The van der Waals surface area contributed by atoms with Gasteiger partial charge in [0.1, 0.15) is 0 Å². The Morgan fingerprint density at radius 3 is 2.47 bits per heavy atom. The molecule has 0 aromatic carbocycles. The summed E-state index contributed by atoms with van der Waals surface area (Å²) in [5.41, 5.74) is 0. The number of nitrogens with one attached hydrogen (secondary N) is 3. The Labute approximate surface area is 108 Å². The first kappa shape index (κ1) is 16.1. The van der Waals surface area contributed by atoms with Crippen LogP contribution in [0.1, 0.15) is 19.8 Å². The van der Waals surface area contributed by atoms with Crippen LogP contribution in [-0.4, -0.2) is 50.6 Å². The summed E-state index contributed by atoms with van der Waals surface area (Å²) in [6, 6.07) is 0. The topological polar surface area (TPSA) is 65.5 Å². The molecular weight excluding hydrogens is 236 g/mol. The van der Waals surface area contributed by atoms with Crippen molar-refractivity contribution in [1.82, 2.24) is 16.0 Å². The maximum Gasteiger partial charge on any atom is 0.221 e. The SMILES string of the molecule is CCCNC(=O)CCNC(=NC)NCCSC. The predicted octanol–water partition coefficient (Wildman–Crippen LogP) is 0.431. The second-order valence-corrected chi connectivity index (χ2v) is 4.50. The van der Waals surface area contributed by atoms with Crippen molar-refractivity contribution in [3.8, 4) is 0 Å². The standard InChI is InChI=1S/C11H24N4OS/c1-4-6-13-10(16)5-7-14-11(12-2)15-8-9-17-3/h4-9H2,1-3H3,(H,13,16)(H2,12,14,15). The molecule has 0 aliphatic rings. The largest absolute Gasteiger partial charge is 0.356 e. The number of hydrogen-bond donors (Lipinski definition) is 3. The monoisotopic (exact) mass is 260 g/mol. The van der Waals surface area contributed by atoms with Crippen molar-refractivity contribution < 1.29 is 4.79 Å². The molecular formula is C11H24N4OS. The summed E-state index contributed by atoms with van der Waals surface area (Å²) >= 11 is 1.78. The number of amides is 1. The van der Waals surface area contributed by atoms with Gasteiger partial charge in [-0.1, -0.05) is 6.92 Å². The second-order valence-electron chi connectivity index (χ2n) is 3.52. The van der Waals surface area contributed by atoms with Gasteiger partial charge in [-0.05, 0) is 12.7 Å². The van der Waals surface area contributed by atoms with Gasteiger partial charge in [-0.3, -0.25) is 9.79 Å². The first-order valence-corrected chi connectivity index (χ1v) is 7.34. The van der Waals surface area contributed by atoms with E-state index < -0.39 is 0 Å². The minimum absolute atomic E-state index is 0.0823. The number of carbonyl (C=O) groups excluding carboxylic acids is 1. The van der Waals surface area contributed by atoms with Crippen molar-refractivity contribution in [2.45, 2.75) is 19.8 Å². The van der Waals surface area contributed by atoms with Crippen molar-refractivity contribution in [3.63, 3.8) is 0 Å². The summed E-state index contributed by atoms with van der Waals surface area (Å²) in [6.45, 7) is 4.27. The highest BCUT2D eigenvalue weighted by molar-refractivity contribution is 7.98. The van der Waals surface area contributed by atoms with Gasteiger partial charge in [-0.15, -0.1) is 0 Å². The number of carbonyl (C=O) groups is 1. The molecule has 0 unspecified atom stereocenters. The van der Waals surface area contributed by atoms with Crippen molar-refractivity contribution in [2.75, 3.05) is 38.7 Å². The lowest BCUT2D eigenvalue weighted by atomic mass is 10.4. The highest BCUT2D eigenvalue weighted by Crippen LogP contribution is 1.87. The number of rotatable bonds is 8. The maximum absolute atomic E-state index is 11.3. The van der Waals surface area contributed by atoms with Gasteiger partial charge in [-0.25, -0.2) is 0 Å². The summed E-state index contributed by atoms with van der Waals surface area (Å²) in [7, 11) is 1.73. The van der Waals surface area contributed by atoms with Crippen LogP contribution in [0.15, 0.2) is 4.99 Å². The highest BCUT2D eigenvalue weighted by Gasteiger charge is 2.01. The van der Waals surface area contributed by atoms with Gasteiger partial charge in [0.05, 0.1) is 0 Å². The van der Waals surface area contributed by atoms with E-state index in [1.165, 1.54) is 0 Å². The van der Waals surface area contributed by atoms with Crippen LogP contribution in [0.3, 0.4) is 0 Å². The van der Waals surface area contributed by atoms with Gasteiger partial charge < -0.3 is 16.0 Å². The van der Waals surface area contributed by atoms with Gasteiger partial charge in [0.15, 0.2) is 5.96 Å². The summed E-state index contributed by atoms with van der Waals surface area (Å²) in [5.74, 6) is 1.87. The third-order valence-electron chi connectivity index (χ3n) is 2.04. The third kappa shape index (κ3) is 9.99. The van der Waals surface area contributed by atoms with Crippen molar-refractivity contribution in [1.29, 1.82) is 0 Å². The minimum atomic E-state index is 0.0823. The van der Waals surface area contributed by atoms with Crippen molar-refractivity contribution >= 4 is 23.6 Å². The van der Waals surface area contributed by atoms with E-state index in [2.05, 4.69) is 27.2 Å². The molecule has 3 N–H and O–H groups in total. The Morgan fingerprint density at radius 1 is 1.18 bits per heavy atom. The van der Waals surface area contributed by atoms with Crippen LogP contribution in [0, 0.1) is 0 Å². The quantitative estimate of drug-likeness (QED) is 0.336. The van der Waals surface area contributed by atoms with Gasteiger partial charge in [-0.2, -0.15) is 11.8 Å². The Kier molecular flexibility index (Phi) is 11.0. The van der Waals surface area contributed by atoms with Crippen LogP contribution < -0.4 is 16.0 Å². The molecule has 0 aliphatic heterocycles. The summed E-state index contributed by atoms with van der Waals surface area (Å²) < 4.78 is 0. The molecule has 0 atom stereocenters. The normalized spacial score (nSPS) is 11.1. The summed E-state index contributed by atoms with van der Waals surface area (Å²) in [4.78, 5) is 15.4. The zero-order valence-electron chi connectivity index (χ0n) is 11.0. The molecule has 0 fully saturated rings. The minimum Gasteiger partial charge on any atom is -0.356 e. The van der Waals surface area contributed by atoms with E-state index in [1.807, 2.05) is 6.92 Å². The maximum atomic E-state index is 11.3. The molecule has 100 valence electrons. The van der Waals surface area contributed by atoms with E-state index >= 15 is 0 Å². The lowest BCUT2D eigenvalue weighted by Gasteiger charge is -2.11. The molecule has 5 nitrogen and oxygen atoms in total. The van der Waals surface area contributed by atoms with E-state index in [9.17, 15) is 4.79 Å². The molecule has 0 radical (unpaired) electrons.